The molecule has 0 radical (unpaired) electrons. The average Bonchev–Trinajstić information content (AvgIpc) is 2.62. The number of hydrogen-bond acceptors (Lipinski definition) is 5. The van der Waals surface area contributed by atoms with Gasteiger partial charge in [-0.05, 0) is 29.8 Å². The number of halogens is 1. The van der Waals surface area contributed by atoms with Crippen molar-refractivity contribution >= 4 is 17.8 Å². The summed E-state index contributed by atoms with van der Waals surface area (Å²) in [5.74, 6) is -0.993. The van der Waals surface area contributed by atoms with Crippen molar-refractivity contribution in [1.82, 2.24) is 5.43 Å². The number of hydrogen-bond donors (Lipinski definition) is 2. The summed E-state index contributed by atoms with van der Waals surface area (Å²) in [4.78, 5) is 13.5. The Morgan fingerprint density at radius 3 is 2.68 bits per heavy atom. The third-order valence-corrected chi connectivity index (χ3v) is 3.37. The van der Waals surface area contributed by atoms with Crippen LogP contribution >= 0.6 is 0 Å². The molecule has 2 rings (SSSR count). The number of ether oxygens (including phenoxy) is 1. The summed E-state index contributed by atoms with van der Waals surface area (Å²) in [6, 6.07) is 13.3. The molecule has 0 heterocycles. The maximum absolute atomic E-state index is 13.3. The minimum atomic E-state index is -0.523. The summed E-state index contributed by atoms with van der Waals surface area (Å²) >= 11 is 0. The van der Waals surface area contributed by atoms with E-state index in [0.29, 0.717) is 6.54 Å². The standard InChI is InChI=1S/C18H20FN3O3/c1-22(10-11-23)15-8-6-14(7-9-15)12-20-21-18(24)13-25-17-5-3-2-4-16(17)19/h2-9,12,23H,10-11,13H2,1H3,(H,21,24)/b20-12+. The molecule has 2 aromatic carbocycles. The van der Waals surface area contributed by atoms with Crippen molar-refractivity contribution in [2.24, 2.45) is 5.10 Å². The third kappa shape index (κ3) is 5.89. The number of carbonyl (C=O) groups is 1. The van der Waals surface area contributed by atoms with Gasteiger partial charge in [-0.25, -0.2) is 9.82 Å². The van der Waals surface area contributed by atoms with Crippen LogP contribution < -0.4 is 15.1 Å². The fourth-order valence-corrected chi connectivity index (χ4v) is 2.01. The highest BCUT2D eigenvalue weighted by atomic mass is 19.1. The van der Waals surface area contributed by atoms with E-state index in [0.717, 1.165) is 11.3 Å². The van der Waals surface area contributed by atoms with Crippen molar-refractivity contribution in [2.45, 2.75) is 0 Å². The van der Waals surface area contributed by atoms with Gasteiger partial charge < -0.3 is 14.7 Å². The molecule has 7 heteroatoms. The molecule has 25 heavy (non-hydrogen) atoms. The number of nitrogens with zero attached hydrogens (tertiary/aromatic N) is 2. The highest BCUT2D eigenvalue weighted by Gasteiger charge is 2.05. The fourth-order valence-electron chi connectivity index (χ4n) is 2.01. The average molecular weight is 345 g/mol. The topological polar surface area (TPSA) is 74.2 Å². The molecule has 1 amide bonds. The van der Waals surface area contributed by atoms with E-state index in [9.17, 15) is 9.18 Å². The van der Waals surface area contributed by atoms with Crippen LogP contribution in [0.4, 0.5) is 10.1 Å². The summed E-state index contributed by atoms with van der Waals surface area (Å²) in [5, 5.41) is 12.8. The largest absolute Gasteiger partial charge is 0.481 e. The molecule has 6 nitrogen and oxygen atoms in total. The molecule has 0 saturated heterocycles. The summed E-state index contributed by atoms with van der Waals surface area (Å²) in [6.45, 7) is 0.301. The summed E-state index contributed by atoms with van der Waals surface area (Å²) in [6.07, 6.45) is 1.50. The van der Waals surface area contributed by atoms with Gasteiger partial charge in [-0.3, -0.25) is 4.79 Å². The van der Waals surface area contributed by atoms with E-state index in [1.807, 2.05) is 36.2 Å². The van der Waals surface area contributed by atoms with Crippen LogP contribution in [0.15, 0.2) is 53.6 Å². The molecule has 132 valence electrons. The number of amides is 1. The maximum Gasteiger partial charge on any atom is 0.277 e. The van der Waals surface area contributed by atoms with Crippen molar-refractivity contribution in [3.05, 3.63) is 59.9 Å². The van der Waals surface area contributed by atoms with E-state index >= 15 is 0 Å². The monoisotopic (exact) mass is 345 g/mol. The molecule has 0 atom stereocenters. The van der Waals surface area contributed by atoms with Gasteiger partial charge in [0.2, 0.25) is 0 Å². The number of likely N-dealkylation sites (N-methyl/N-ethyl adjacent to an activating group) is 1. The molecular weight excluding hydrogens is 325 g/mol. The zero-order valence-electron chi connectivity index (χ0n) is 13.9. The molecule has 0 aliphatic rings. The molecule has 0 spiro atoms. The van der Waals surface area contributed by atoms with E-state index in [2.05, 4.69) is 10.5 Å². The van der Waals surface area contributed by atoms with Crippen LogP contribution in [0.2, 0.25) is 0 Å². The van der Waals surface area contributed by atoms with Gasteiger partial charge in [0, 0.05) is 19.3 Å². The van der Waals surface area contributed by atoms with Crippen LogP contribution in [0, 0.1) is 5.82 Å². The van der Waals surface area contributed by atoms with Gasteiger partial charge in [0.05, 0.1) is 12.8 Å². The number of nitrogens with one attached hydrogen (secondary N) is 1. The second kappa shape index (κ2) is 9.39. The lowest BCUT2D eigenvalue weighted by Crippen LogP contribution is -2.24. The number of aliphatic hydroxyl groups excluding tert-OH is 1. The fraction of sp³-hybridized carbons (Fsp3) is 0.222. The molecule has 0 fully saturated rings. The van der Waals surface area contributed by atoms with E-state index in [1.165, 1.54) is 18.3 Å². The first-order valence-electron chi connectivity index (χ1n) is 7.71. The number of aliphatic hydroxyl groups is 1. The second-order valence-electron chi connectivity index (χ2n) is 5.25. The van der Waals surface area contributed by atoms with Crippen LogP contribution in [0.3, 0.4) is 0 Å². The van der Waals surface area contributed by atoms with Gasteiger partial charge in [-0.1, -0.05) is 24.3 Å². The zero-order valence-corrected chi connectivity index (χ0v) is 13.9. The SMILES string of the molecule is CN(CCO)c1ccc(/C=N/NC(=O)COc2ccccc2F)cc1. The number of benzene rings is 2. The van der Waals surface area contributed by atoms with Crippen molar-refractivity contribution < 1.29 is 19.0 Å². The van der Waals surface area contributed by atoms with Crippen LogP contribution in [0.1, 0.15) is 5.56 Å². The normalized spacial score (nSPS) is 10.7. The lowest BCUT2D eigenvalue weighted by Gasteiger charge is -2.17. The minimum Gasteiger partial charge on any atom is -0.481 e. The Morgan fingerprint density at radius 2 is 2.00 bits per heavy atom. The number of rotatable bonds is 8. The molecular formula is C18H20FN3O3. The summed E-state index contributed by atoms with van der Waals surface area (Å²) < 4.78 is 18.4. The van der Waals surface area contributed by atoms with Crippen LogP contribution in [0.25, 0.3) is 0 Å². The number of hydrazone groups is 1. The Balaban J connectivity index is 1.80. The Kier molecular flexibility index (Phi) is 6.91. The summed E-state index contributed by atoms with van der Waals surface area (Å²) in [7, 11) is 1.88. The zero-order chi connectivity index (χ0) is 18.1. The van der Waals surface area contributed by atoms with E-state index < -0.39 is 11.7 Å². The minimum absolute atomic E-state index is 0.0178. The molecule has 0 saturated carbocycles. The van der Waals surface area contributed by atoms with E-state index in [1.54, 1.807) is 12.1 Å². The Morgan fingerprint density at radius 1 is 1.28 bits per heavy atom. The van der Waals surface area contributed by atoms with Gasteiger partial charge in [-0.2, -0.15) is 5.10 Å². The first-order chi connectivity index (χ1) is 12.1. The van der Waals surface area contributed by atoms with Gasteiger partial charge in [-0.15, -0.1) is 0 Å². The number of para-hydroxylation sites is 1. The van der Waals surface area contributed by atoms with Gasteiger partial charge in [0.25, 0.3) is 5.91 Å². The molecule has 0 aromatic heterocycles. The first-order valence-corrected chi connectivity index (χ1v) is 7.71. The van der Waals surface area contributed by atoms with Crippen molar-refractivity contribution in [2.75, 3.05) is 31.7 Å². The Hall–Kier alpha value is -2.93. The molecule has 0 aliphatic carbocycles. The molecule has 2 N–H and O–H groups in total. The number of anilines is 1. The third-order valence-electron chi connectivity index (χ3n) is 3.37. The quantitative estimate of drug-likeness (QED) is 0.565. The van der Waals surface area contributed by atoms with E-state index in [-0.39, 0.29) is 19.0 Å². The van der Waals surface area contributed by atoms with Gasteiger partial charge >= 0.3 is 0 Å². The predicted octanol–water partition coefficient (Wildman–Crippen LogP) is 1.78. The molecule has 0 aliphatic heterocycles. The number of carbonyl (C=O) groups excluding carboxylic acids is 1. The molecule has 2 aromatic rings. The predicted molar refractivity (Wildman–Crippen MR) is 94.4 cm³/mol. The highest BCUT2D eigenvalue weighted by molar-refractivity contribution is 5.83. The maximum atomic E-state index is 13.3. The Labute approximate surface area is 145 Å². The Bertz CT molecular complexity index is 720. The van der Waals surface area contributed by atoms with Gasteiger partial charge in [0.1, 0.15) is 0 Å². The highest BCUT2D eigenvalue weighted by Crippen LogP contribution is 2.15. The van der Waals surface area contributed by atoms with Crippen molar-refractivity contribution in [3.8, 4) is 5.75 Å². The van der Waals surface area contributed by atoms with Crippen LogP contribution in [-0.4, -0.2) is 44.0 Å². The molecule has 0 bridgehead atoms. The second-order valence-corrected chi connectivity index (χ2v) is 5.25. The van der Waals surface area contributed by atoms with Gasteiger partial charge in [0.15, 0.2) is 18.2 Å². The van der Waals surface area contributed by atoms with Crippen molar-refractivity contribution in [1.29, 1.82) is 0 Å². The lowest BCUT2D eigenvalue weighted by atomic mass is 10.2. The first kappa shape index (κ1) is 18.4. The smallest absolute Gasteiger partial charge is 0.277 e. The van der Waals surface area contributed by atoms with E-state index in [4.69, 9.17) is 9.84 Å². The van der Waals surface area contributed by atoms with Crippen LogP contribution in [0.5, 0.6) is 5.75 Å². The van der Waals surface area contributed by atoms with Crippen molar-refractivity contribution in [3.63, 3.8) is 0 Å². The van der Waals surface area contributed by atoms with Crippen LogP contribution in [-0.2, 0) is 4.79 Å². The summed E-state index contributed by atoms with van der Waals surface area (Å²) in [5.41, 5.74) is 4.09. The molecule has 0 unspecified atom stereocenters. The lowest BCUT2D eigenvalue weighted by molar-refractivity contribution is -0.123.